The number of hydrogen-bond acceptors (Lipinski definition) is 4. The topological polar surface area (TPSA) is 105 Å². The van der Waals surface area contributed by atoms with Gasteiger partial charge in [0, 0.05) is 13.1 Å². The number of rotatable bonds is 9. The summed E-state index contributed by atoms with van der Waals surface area (Å²) in [5.41, 5.74) is 0.0229. The van der Waals surface area contributed by atoms with Crippen molar-refractivity contribution in [2.24, 2.45) is 0 Å². The molecule has 0 saturated carbocycles. The van der Waals surface area contributed by atoms with Crippen LogP contribution >= 0.6 is 0 Å². The molecule has 3 N–H and O–H groups in total. The standard InChI is InChI=1S/C19H20N2O5/c22-17(10-13-26-14-6-2-1-3-7-14)20-11-12-21-18(23)15-8-4-5-9-16(15)19(24)25/h1-9H,10-13H2,(H,20,22)(H,21,23)(H,24,25). The van der Waals surface area contributed by atoms with Crippen molar-refractivity contribution in [3.63, 3.8) is 0 Å². The number of carbonyl (C=O) groups is 3. The number of carbonyl (C=O) groups excluding carboxylic acids is 2. The van der Waals surface area contributed by atoms with Gasteiger partial charge in [-0.15, -0.1) is 0 Å². The van der Waals surface area contributed by atoms with E-state index in [1.54, 1.807) is 12.1 Å². The number of ether oxygens (including phenoxy) is 1. The highest BCUT2D eigenvalue weighted by Crippen LogP contribution is 2.09. The normalized spacial score (nSPS) is 10.0. The van der Waals surface area contributed by atoms with Gasteiger partial charge < -0.3 is 20.5 Å². The zero-order chi connectivity index (χ0) is 18.8. The highest BCUT2D eigenvalue weighted by molar-refractivity contribution is 6.04. The van der Waals surface area contributed by atoms with Gasteiger partial charge in [0.25, 0.3) is 5.91 Å². The van der Waals surface area contributed by atoms with E-state index in [0.29, 0.717) is 5.75 Å². The van der Waals surface area contributed by atoms with Crippen molar-refractivity contribution in [3.05, 3.63) is 65.7 Å². The third-order valence-electron chi connectivity index (χ3n) is 3.48. The molecule has 0 aliphatic rings. The van der Waals surface area contributed by atoms with Gasteiger partial charge in [0.05, 0.1) is 24.2 Å². The summed E-state index contributed by atoms with van der Waals surface area (Å²) in [7, 11) is 0. The number of para-hydroxylation sites is 1. The summed E-state index contributed by atoms with van der Waals surface area (Å²) in [6.45, 7) is 0.692. The van der Waals surface area contributed by atoms with Crippen molar-refractivity contribution in [1.29, 1.82) is 0 Å². The summed E-state index contributed by atoms with van der Waals surface area (Å²) < 4.78 is 5.43. The van der Waals surface area contributed by atoms with Gasteiger partial charge in [-0.1, -0.05) is 30.3 Å². The Morgan fingerprint density at radius 1 is 0.846 bits per heavy atom. The summed E-state index contributed by atoms with van der Waals surface area (Å²) in [5.74, 6) is -1.15. The molecular weight excluding hydrogens is 336 g/mol. The fourth-order valence-corrected chi connectivity index (χ4v) is 2.21. The third-order valence-corrected chi connectivity index (χ3v) is 3.48. The number of aromatic carboxylic acids is 1. The molecule has 0 saturated heterocycles. The summed E-state index contributed by atoms with van der Waals surface area (Å²) >= 11 is 0. The van der Waals surface area contributed by atoms with E-state index in [4.69, 9.17) is 9.84 Å². The molecule has 0 spiro atoms. The molecule has 7 nitrogen and oxygen atoms in total. The third kappa shape index (κ3) is 5.94. The van der Waals surface area contributed by atoms with Gasteiger partial charge in [0.15, 0.2) is 0 Å². The molecule has 0 aromatic heterocycles. The van der Waals surface area contributed by atoms with Gasteiger partial charge in [0.2, 0.25) is 5.91 Å². The lowest BCUT2D eigenvalue weighted by Crippen LogP contribution is -2.35. The van der Waals surface area contributed by atoms with E-state index in [0.717, 1.165) is 0 Å². The van der Waals surface area contributed by atoms with E-state index in [9.17, 15) is 14.4 Å². The molecule has 0 fully saturated rings. The quantitative estimate of drug-likeness (QED) is 0.593. The van der Waals surface area contributed by atoms with Crippen LogP contribution in [-0.4, -0.2) is 42.6 Å². The predicted octanol–water partition coefficient (Wildman–Crippen LogP) is 1.70. The SMILES string of the molecule is O=C(CCOc1ccccc1)NCCNC(=O)c1ccccc1C(=O)O. The van der Waals surface area contributed by atoms with Crippen LogP contribution in [0.2, 0.25) is 0 Å². The van der Waals surface area contributed by atoms with Crippen molar-refractivity contribution < 1.29 is 24.2 Å². The minimum Gasteiger partial charge on any atom is -0.493 e. The Hall–Kier alpha value is -3.35. The highest BCUT2D eigenvalue weighted by atomic mass is 16.5. The summed E-state index contributed by atoms with van der Waals surface area (Å²) in [6, 6.07) is 15.1. The van der Waals surface area contributed by atoms with Crippen molar-refractivity contribution in [2.75, 3.05) is 19.7 Å². The molecule has 0 radical (unpaired) electrons. The number of benzene rings is 2. The molecule has 0 aliphatic heterocycles. The van der Waals surface area contributed by atoms with Crippen LogP contribution < -0.4 is 15.4 Å². The molecule has 2 aromatic rings. The Kier molecular flexibility index (Phi) is 7.17. The van der Waals surface area contributed by atoms with E-state index < -0.39 is 11.9 Å². The second-order valence-electron chi connectivity index (χ2n) is 5.37. The predicted molar refractivity (Wildman–Crippen MR) is 95.3 cm³/mol. The molecule has 26 heavy (non-hydrogen) atoms. The first kappa shape index (κ1) is 19.0. The molecule has 136 valence electrons. The molecule has 2 aromatic carbocycles. The summed E-state index contributed by atoms with van der Waals surface area (Å²) in [6.07, 6.45) is 0.199. The van der Waals surface area contributed by atoms with E-state index in [-0.39, 0.29) is 43.2 Å². The van der Waals surface area contributed by atoms with Crippen LogP contribution in [0, 0.1) is 0 Å². The maximum absolute atomic E-state index is 12.0. The number of nitrogens with one attached hydrogen (secondary N) is 2. The number of hydrogen-bond donors (Lipinski definition) is 3. The molecule has 0 atom stereocenters. The van der Waals surface area contributed by atoms with Gasteiger partial charge in [0.1, 0.15) is 5.75 Å². The number of amides is 2. The second-order valence-corrected chi connectivity index (χ2v) is 5.37. The molecule has 0 unspecified atom stereocenters. The minimum atomic E-state index is -1.16. The van der Waals surface area contributed by atoms with Gasteiger partial charge >= 0.3 is 5.97 Å². The molecule has 0 aliphatic carbocycles. The Morgan fingerprint density at radius 2 is 1.46 bits per heavy atom. The highest BCUT2D eigenvalue weighted by Gasteiger charge is 2.15. The Balaban J connectivity index is 1.66. The Morgan fingerprint density at radius 3 is 2.15 bits per heavy atom. The first-order valence-corrected chi connectivity index (χ1v) is 8.13. The van der Waals surface area contributed by atoms with Crippen LogP contribution in [0.4, 0.5) is 0 Å². The van der Waals surface area contributed by atoms with Crippen molar-refractivity contribution in [1.82, 2.24) is 10.6 Å². The van der Waals surface area contributed by atoms with Crippen LogP contribution in [0.5, 0.6) is 5.75 Å². The van der Waals surface area contributed by atoms with Crippen LogP contribution in [0.3, 0.4) is 0 Å². The first-order valence-electron chi connectivity index (χ1n) is 8.13. The van der Waals surface area contributed by atoms with Gasteiger partial charge in [-0.05, 0) is 24.3 Å². The van der Waals surface area contributed by atoms with E-state index in [2.05, 4.69) is 10.6 Å². The van der Waals surface area contributed by atoms with Gasteiger partial charge in [-0.2, -0.15) is 0 Å². The van der Waals surface area contributed by atoms with Gasteiger partial charge in [-0.3, -0.25) is 9.59 Å². The first-order chi connectivity index (χ1) is 12.6. The van der Waals surface area contributed by atoms with Crippen LogP contribution in [-0.2, 0) is 4.79 Å². The largest absolute Gasteiger partial charge is 0.493 e. The molecule has 2 amide bonds. The van der Waals surface area contributed by atoms with E-state index >= 15 is 0 Å². The fourth-order valence-electron chi connectivity index (χ4n) is 2.21. The van der Waals surface area contributed by atoms with Crippen molar-refractivity contribution in [2.45, 2.75) is 6.42 Å². The van der Waals surface area contributed by atoms with Gasteiger partial charge in [-0.25, -0.2) is 4.79 Å². The molecule has 0 heterocycles. The molecule has 7 heteroatoms. The van der Waals surface area contributed by atoms with E-state index in [1.807, 2.05) is 30.3 Å². The van der Waals surface area contributed by atoms with Crippen LogP contribution in [0.15, 0.2) is 54.6 Å². The fraction of sp³-hybridized carbons (Fsp3) is 0.211. The number of carboxylic acid groups (broad SMARTS) is 1. The van der Waals surface area contributed by atoms with Crippen molar-refractivity contribution in [3.8, 4) is 5.75 Å². The lowest BCUT2D eigenvalue weighted by atomic mass is 10.1. The molecule has 2 rings (SSSR count). The van der Waals surface area contributed by atoms with Crippen LogP contribution in [0.25, 0.3) is 0 Å². The smallest absolute Gasteiger partial charge is 0.336 e. The maximum atomic E-state index is 12.0. The zero-order valence-corrected chi connectivity index (χ0v) is 14.1. The van der Waals surface area contributed by atoms with E-state index in [1.165, 1.54) is 12.1 Å². The second kappa shape index (κ2) is 9.83. The average molecular weight is 356 g/mol. The Labute approximate surface area is 151 Å². The molecular formula is C19H20N2O5. The summed E-state index contributed by atoms with van der Waals surface area (Å²) in [5, 5.41) is 14.3. The monoisotopic (exact) mass is 356 g/mol. The molecule has 0 bridgehead atoms. The maximum Gasteiger partial charge on any atom is 0.336 e. The number of carboxylic acids is 1. The summed E-state index contributed by atoms with van der Waals surface area (Å²) in [4.78, 5) is 34.8. The average Bonchev–Trinajstić information content (AvgIpc) is 2.66. The minimum absolute atomic E-state index is 0.0629. The van der Waals surface area contributed by atoms with Crippen molar-refractivity contribution >= 4 is 17.8 Å². The zero-order valence-electron chi connectivity index (χ0n) is 14.1. The lowest BCUT2D eigenvalue weighted by Gasteiger charge is -2.09. The van der Waals surface area contributed by atoms with Crippen LogP contribution in [0.1, 0.15) is 27.1 Å². The Bertz CT molecular complexity index is 762. The lowest BCUT2D eigenvalue weighted by molar-refractivity contribution is -0.121.